The van der Waals surface area contributed by atoms with Gasteiger partial charge >= 0.3 is 0 Å². The first-order chi connectivity index (χ1) is 14.0. The van der Waals surface area contributed by atoms with E-state index in [9.17, 15) is 15.3 Å². The van der Waals surface area contributed by atoms with E-state index >= 15 is 0 Å². The topological polar surface area (TPSA) is 135 Å². The zero-order valence-corrected chi connectivity index (χ0v) is 16.1. The lowest BCUT2D eigenvalue weighted by Gasteiger charge is -2.27. The molecule has 0 saturated carbocycles. The van der Waals surface area contributed by atoms with Crippen LogP contribution in [0.3, 0.4) is 0 Å². The van der Waals surface area contributed by atoms with Gasteiger partial charge in [0.2, 0.25) is 0 Å². The molecule has 1 fully saturated rings. The van der Waals surface area contributed by atoms with Crippen molar-refractivity contribution < 1.29 is 24.8 Å². The average molecular weight is 401 g/mol. The van der Waals surface area contributed by atoms with Crippen molar-refractivity contribution in [2.75, 3.05) is 19.0 Å². The second kappa shape index (κ2) is 7.56. The van der Waals surface area contributed by atoms with Crippen LogP contribution in [0.1, 0.15) is 18.7 Å². The highest BCUT2D eigenvalue weighted by Gasteiger charge is 2.53. The van der Waals surface area contributed by atoms with E-state index < -0.39 is 30.6 Å². The summed E-state index contributed by atoms with van der Waals surface area (Å²) in [5, 5.41) is 33.6. The highest BCUT2D eigenvalue weighted by molar-refractivity contribution is 5.82. The number of anilines is 1. The van der Waals surface area contributed by atoms with E-state index in [0.717, 1.165) is 11.3 Å². The van der Waals surface area contributed by atoms with E-state index in [-0.39, 0.29) is 0 Å². The minimum atomic E-state index is -1.62. The van der Waals surface area contributed by atoms with Gasteiger partial charge in [0.15, 0.2) is 23.2 Å². The van der Waals surface area contributed by atoms with E-state index in [4.69, 9.17) is 9.47 Å². The minimum Gasteiger partial charge on any atom is -0.497 e. The molecule has 1 unspecified atom stereocenters. The van der Waals surface area contributed by atoms with Crippen molar-refractivity contribution in [2.45, 2.75) is 37.5 Å². The highest BCUT2D eigenvalue weighted by atomic mass is 16.6. The number of aliphatic hydroxyl groups excluding tert-OH is 2. The van der Waals surface area contributed by atoms with Crippen molar-refractivity contribution in [3.8, 4) is 5.75 Å². The molecular weight excluding hydrogens is 378 g/mol. The van der Waals surface area contributed by atoms with Crippen LogP contribution in [0, 0.1) is 0 Å². The second-order valence-electron chi connectivity index (χ2n) is 7.13. The molecule has 10 nitrogen and oxygen atoms in total. The summed E-state index contributed by atoms with van der Waals surface area (Å²) in [4.78, 5) is 12.9. The first-order valence-corrected chi connectivity index (χ1v) is 9.16. The fraction of sp³-hybridized carbons (Fsp3) is 0.421. The molecular formula is C19H23N5O5. The smallest absolute Gasteiger partial charge is 0.168 e. The number of hydrogen-bond acceptors (Lipinski definition) is 9. The lowest BCUT2D eigenvalue weighted by Crippen LogP contribution is -2.44. The molecule has 1 aliphatic rings. The summed E-state index contributed by atoms with van der Waals surface area (Å²) in [5.41, 5.74) is 0.313. The number of hydrogen-bond donors (Lipinski definition) is 4. The molecule has 0 bridgehead atoms. The molecule has 1 aliphatic heterocycles. The van der Waals surface area contributed by atoms with Crippen molar-refractivity contribution in [3.05, 3.63) is 42.5 Å². The monoisotopic (exact) mass is 401 g/mol. The normalized spacial score (nSPS) is 26.7. The van der Waals surface area contributed by atoms with Crippen molar-refractivity contribution in [2.24, 2.45) is 0 Å². The Balaban J connectivity index is 1.62. The van der Waals surface area contributed by atoms with Gasteiger partial charge < -0.3 is 30.1 Å². The van der Waals surface area contributed by atoms with Crippen LogP contribution in [-0.2, 0) is 11.3 Å². The number of fused-ring (bicyclic) bond motifs is 1. The molecule has 4 rings (SSSR count). The van der Waals surface area contributed by atoms with Gasteiger partial charge in [-0.2, -0.15) is 0 Å². The third kappa shape index (κ3) is 3.40. The molecule has 3 heterocycles. The number of nitrogens with one attached hydrogen (secondary N) is 1. The number of aliphatic hydroxyl groups is 3. The van der Waals surface area contributed by atoms with Crippen molar-refractivity contribution >= 4 is 17.0 Å². The molecule has 10 heteroatoms. The zero-order valence-electron chi connectivity index (χ0n) is 16.1. The van der Waals surface area contributed by atoms with Gasteiger partial charge in [-0.05, 0) is 24.6 Å². The predicted molar refractivity (Wildman–Crippen MR) is 103 cm³/mol. The predicted octanol–water partition coefficient (Wildman–Crippen LogP) is 0.449. The molecule has 4 atom stereocenters. The van der Waals surface area contributed by atoms with Crippen LogP contribution in [0.4, 0.5) is 5.82 Å². The largest absolute Gasteiger partial charge is 0.497 e. The van der Waals surface area contributed by atoms with E-state index in [1.54, 1.807) is 7.11 Å². The molecule has 0 amide bonds. The van der Waals surface area contributed by atoms with Crippen molar-refractivity contribution in [1.29, 1.82) is 0 Å². The number of rotatable bonds is 6. The third-order valence-corrected chi connectivity index (χ3v) is 5.14. The summed E-state index contributed by atoms with van der Waals surface area (Å²) in [6.45, 7) is 1.54. The van der Waals surface area contributed by atoms with Crippen LogP contribution in [0.2, 0.25) is 0 Å². The van der Waals surface area contributed by atoms with Crippen molar-refractivity contribution in [1.82, 2.24) is 19.5 Å². The molecule has 2 aromatic heterocycles. The van der Waals surface area contributed by atoms with Gasteiger partial charge in [-0.3, -0.25) is 4.57 Å². The first-order valence-electron chi connectivity index (χ1n) is 9.16. The van der Waals surface area contributed by atoms with Gasteiger partial charge in [-0.25, -0.2) is 15.0 Å². The van der Waals surface area contributed by atoms with Gasteiger partial charge in [0.1, 0.15) is 29.9 Å². The Morgan fingerprint density at radius 2 is 2.14 bits per heavy atom. The van der Waals surface area contributed by atoms with Crippen LogP contribution in [0.25, 0.3) is 11.2 Å². The van der Waals surface area contributed by atoms with Crippen LogP contribution in [0.15, 0.2) is 36.9 Å². The average Bonchev–Trinajstić information content (AvgIpc) is 3.25. The standard InChI is InChI=1S/C19H23N5O5/c1-19(27)15(26)13(8-25)29-18(19)24-10-23-14-16(21-9-22-17(14)24)20-7-11-4-3-5-12(6-11)28-2/h3-6,9-10,13,15,18,25-27H,7-8H2,1-2H3,(H,20,21,22)/t13-,15?,18-,19+/m1/s1. The minimum absolute atomic E-state index is 0.414. The Kier molecular flexibility index (Phi) is 5.09. The SMILES string of the molecule is COc1cccc(CNc2ncnc3c2ncn3[C@@H]2O[C@H](CO)C(O)[C@]2(C)O)c1. The third-order valence-electron chi connectivity index (χ3n) is 5.14. The van der Waals surface area contributed by atoms with Crippen LogP contribution < -0.4 is 10.1 Å². The second-order valence-corrected chi connectivity index (χ2v) is 7.13. The molecule has 1 aromatic carbocycles. The number of methoxy groups -OCH3 is 1. The lowest BCUT2D eigenvalue weighted by atomic mass is 9.96. The molecule has 0 spiro atoms. The van der Waals surface area contributed by atoms with Crippen LogP contribution in [-0.4, -0.2) is 66.4 Å². The van der Waals surface area contributed by atoms with Gasteiger partial charge in [-0.1, -0.05) is 12.1 Å². The maximum Gasteiger partial charge on any atom is 0.168 e. The summed E-state index contributed by atoms with van der Waals surface area (Å²) in [7, 11) is 1.62. The lowest BCUT2D eigenvalue weighted by molar-refractivity contribution is -0.0950. The number of ether oxygens (including phenoxy) is 2. The summed E-state index contributed by atoms with van der Waals surface area (Å²) in [6, 6.07) is 7.66. The van der Waals surface area contributed by atoms with E-state index in [1.165, 1.54) is 24.1 Å². The summed E-state index contributed by atoms with van der Waals surface area (Å²) in [5.74, 6) is 1.28. The number of nitrogens with zero attached hydrogens (tertiary/aromatic N) is 4. The Hall–Kier alpha value is -2.79. The molecule has 4 N–H and O–H groups in total. The Bertz CT molecular complexity index is 1010. The van der Waals surface area contributed by atoms with Crippen LogP contribution >= 0.6 is 0 Å². The number of benzene rings is 1. The Morgan fingerprint density at radius 3 is 2.86 bits per heavy atom. The molecule has 3 aromatic rings. The fourth-order valence-electron chi connectivity index (χ4n) is 3.51. The van der Waals surface area contributed by atoms with Gasteiger partial charge in [0, 0.05) is 6.54 Å². The van der Waals surface area contributed by atoms with Gasteiger partial charge in [-0.15, -0.1) is 0 Å². The Morgan fingerprint density at radius 1 is 1.31 bits per heavy atom. The number of aromatic nitrogens is 4. The Labute approximate surface area is 166 Å². The molecule has 0 aliphatic carbocycles. The summed E-state index contributed by atoms with van der Waals surface area (Å²) < 4.78 is 12.4. The highest BCUT2D eigenvalue weighted by Crippen LogP contribution is 2.39. The first kappa shape index (κ1) is 19.5. The van der Waals surface area contributed by atoms with E-state index in [2.05, 4.69) is 20.3 Å². The molecule has 0 radical (unpaired) electrons. The van der Waals surface area contributed by atoms with Crippen molar-refractivity contribution in [3.63, 3.8) is 0 Å². The number of imidazole rings is 1. The maximum atomic E-state index is 10.7. The summed E-state index contributed by atoms with van der Waals surface area (Å²) in [6.07, 6.45) is -0.247. The van der Waals surface area contributed by atoms with E-state index in [0.29, 0.717) is 23.5 Å². The quantitative estimate of drug-likeness (QED) is 0.464. The van der Waals surface area contributed by atoms with Crippen LogP contribution in [0.5, 0.6) is 5.75 Å². The van der Waals surface area contributed by atoms with Gasteiger partial charge in [0.25, 0.3) is 0 Å². The van der Waals surface area contributed by atoms with E-state index in [1.807, 2.05) is 24.3 Å². The van der Waals surface area contributed by atoms with Gasteiger partial charge in [0.05, 0.1) is 20.0 Å². The molecule has 154 valence electrons. The maximum absolute atomic E-state index is 10.7. The molecule has 1 saturated heterocycles. The summed E-state index contributed by atoms with van der Waals surface area (Å²) >= 11 is 0. The zero-order chi connectivity index (χ0) is 20.6. The molecule has 29 heavy (non-hydrogen) atoms. The fourth-order valence-corrected chi connectivity index (χ4v) is 3.51.